The molecule has 0 radical (unpaired) electrons. The first-order valence-corrected chi connectivity index (χ1v) is 10.9. The van der Waals surface area contributed by atoms with Gasteiger partial charge < -0.3 is 14.6 Å². The summed E-state index contributed by atoms with van der Waals surface area (Å²) in [6.45, 7) is 10.2. The van der Waals surface area contributed by atoms with Gasteiger partial charge in [0.2, 0.25) is 0 Å². The van der Waals surface area contributed by atoms with E-state index in [4.69, 9.17) is 9.47 Å². The maximum absolute atomic E-state index is 12.5. The number of ether oxygens (including phenoxy) is 2. The summed E-state index contributed by atoms with van der Waals surface area (Å²) in [7, 11) is 0. The van der Waals surface area contributed by atoms with Gasteiger partial charge in [0.05, 0.1) is 18.4 Å². The molecule has 0 rings (SSSR count). The Balaban J connectivity index is 4.66. The van der Waals surface area contributed by atoms with Gasteiger partial charge in [-0.3, -0.25) is 9.59 Å². The first kappa shape index (κ1) is 25.9. The predicted molar refractivity (Wildman–Crippen MR) is 108 cm³/mol. The quantitative estimate of drug-likeness (QED) is 0.376. The van der Waals surface area contributed by atoms with Gasteiger partial charge in [0, 0.05) is 19.4 Å². The van der Waals surface area contributed by atoms with E-state index < -0.39 is 5.60 Å². The second-order valence-electron chi connectivity index (χ2n) is 7.76. The highest BCUT2D eigenvalue weighted by atomic mass is 16.6. The lowest BCUT2D eigenvalue weighted by Gasteiger charge is -2.31. The first-order chi connectivity index (χ1) is 12.9. The molecule has 0 saturated heterocycles. The lowest BCUT2D eigenvalue weighted by molar-refractivity contribution is -0.168. The second-order valence-corrected chi connectivity index (χ2v) is 7.76. The number of hydrogen-bond acceptors (Lipinski definition) is 5. The molecule has 0 heterocycles. The fourth-order valence-electron chi connectivity index (χ4n) is 3.15. The molecule has 1 N–H and O–H groups in total. The lowest BCUT2D eigenvalue weighted by atomic mass is 9.96. The fraction of sp³-hybridized carbons (Fsp3) is 0.909. The molecule has 0 aliphatic heterocycles. The van der Waals surface area contributed by atoms with Crippen molar-refractivity contribution >= 4 is 11.9 Å². The summed E-state index contributed by atoms with van der Waals surface area (Å²) < 4.78 is 11.2. The van der Waals surface area contributed by atoms with Crippen LogP contribution in [-0.4, -0.2) is 35.9 Å². The summed E-state index contributed by atoms with van der Waals surface area (Å²) in [5.41, 5.74) is -0.809. The summed E-state index contributed by atoms with van der Waals surface area (Å²) in [5.74, 6) is -0.542. The number of unbranched alkanes of at least 4 members (excludes halogenated alkanes) is 2. The molecule has 3 unspecified atom stereocenters. The van der Waals surface area contributed by atoms with Gasteiger partial charge in [0.15, 0.2) is 0 Å². The van der Waals surface area contributed by atoms with Crippen molar-refractivity contribution in [1.82, 2.24) is 0 Å². The lowest BCUT2D eigenvalue weighted by Crippen LogP contribution is -2.37. The van der Waals surface area contributed by atoms with Crippen molar-refractivity contribution in [2.75, 3.05) is 13.2 Å². The van der Waals surface area contributed by atoms with Gasteiger partial charge in [0.25, 0.3) is 0 Å². The van der Waals surface area contributed by atoms with E-state index in [1.54, 1.807) is 0 Å². The third kappa shape index (κ3) is 10.7. The normalized spacial score (nSPS) is 15.6. The SMILES string of the molecule is CCCCC(CC)C(=O)OCCC(C)(CCO)OC(=O)C(CC)CCCC. The van der Waals surface area contributed by atoms with Crippen LogP contribution in [0, 0.1) is 11.8 Å². The molecule has 0 aliphatic carbocycles. The number of rotatable bonds is 16. The van der Waals surface area contributed by atoms with Gasteiger partial charge in [-0.15, -0.1) is 0 Å². The Bertz CT molecular complexity index is 410. The van der Waals surface area contributed by atoms with Gasteiger partial charge in [-0.2, -0.15) is 0 Å². The topological polar surface area (TPSA) is 72.8 Å². The van der Waals surface area contributed by atoms with Gasteiger partial charge in [-0.1, -0.05) is 53.4 Å². The minimum atomic E-state index is -0.809. The summed E-state index contributed by atoms with van der Waals surface area (Å²) in [6, 6.07) is 0. The Morgan fingerprint density at radius 3 is 1.85 bits per heavy atom. The smallest absolute Gasteiger partial charge is 0.309 e. The second kappa shape index (κ2) is 14.9. The molecule has 0 spiro atoms. The zero-order valence-corrected chi connectivity index (χ0v) is 18.2. The van der Waals surface area contributed by atoms with Crippen molar-refractivity contribution < 1.29 is 24.2 Å². The molecule has 0 bridgehead atoms. The van der Waals surface area contributed by atoms with Crippen LogP contribution < -0.4 is 0 Å². The van der Waals surface area contributed by atoms with Crippen molar-refractivity contribution in [1.29, 1.82) is 0 Å². The van der Waals surface area contributed by atoms with E-state index >= 15 is 0 Å². The molecule has 0 saturated carbocycles. The van der Waals surface area contributed by atoms with Crippen LogP contribution >= 0.6 is 0 Å². The van der Waals surface area contributed by atoms with Crippen LogP contribution in [0.4, 0.5) is 0 Å². The number of carbonyl (C=O) groups excluding carboxylic acids is 2. The zero-order valence-electron chi connectivity index (χ0n) is 18.2. The van der Waals surface area contributed by atoms with Crippen LogP contribution in [0.25, 0.3) is 0 Å². The Labute approximate surface area is 166 Å². The monoisotopic (exact) mass is 386 g/mol. The first-order valence-electron chi connectivity index (χ1n) is 10.9. The highest BCUT2D eigenvalue weighted by molar-refractivity contribution is 5.73. The van der Waals surface area contributed by atoms with Crippen molar-refractivity contribution in [3.05, 3.63) is 0 Å². The van der Waals surface area contributed by atoms with Crippen molar-refractivity contribution in [2.24, 2.45) is 11.8 Å². The predicted octanol–water partition coefficient (Wildman–Crippen LogP) is 5.04. The van der Waals surface area contributed by atoms with Gasteiger partial charge in [-0.25, -0.2) is 0 Å². The summed E-state index contributed by atoms with van der Waals surface area (Å²) >= 11 is 0. The number of hydrogen-bond donors (Lipinski definition) is 1. The number of aliphatic hydroxyl groups excluding tert-OH is 1. The van der Waals surface area contributed by atoms with Crippen LogP contribution in [0.3, 0.4) is 0 Å². The average molecular weight is 387 g/mol. The van der Waals surface area contributed by atoms with E-state index in [2.05, 4.69) is 13.8 Å². The van der Waals surface area contributed by atoms with E-state index in [0.29, 0.717) is 12.8 Å². The number of carbonyl (C=O) groups is 2. The van der Waals surface area contributed by atoms with E-state index in [9.17, 15) is 14.7 Å². The highest BCUT2D eigenvalue weighted by Gasteiger charge is 2.31. The van der Waals surface area contributed by atoms with Crippen molar-refractivity contribution in [3.63, 3.8) is 0 Å². The molecule has 0 amide bonds. The Hall–Kier alpha value is -1.10. The fourth-order valence-corrected chi connectivity index (χ4v) is 3.15. The Morgan fingerprint density at radius 1 is 0.889 bits per heavy atom. The van der Waals surface area contributed by atoms with Crippen LogP contribution in [-0.2, 0) is 19.1 Å². The molecule has 5 nitrogen and oxygen atoms in total. The van der Waals surface area contributed by atoms with E-state index in [1.165, 1.54) is 0 Å². The van der Waals surface area contributed by atoms with Crippen LogP contribution in [0.15, 0.2) is 0 Å². The maximum Gasteiger partial charge on any atom is 0.309 e. The number of aliphatic hydroxyl groups is 1. The van der Waals surface area contributed by atoms with Crippen LogP contribution in [0.5, 0.6) is 0 Å². The molecule has 0 aliphatic rings. The molecule has 0 aromatic rings. The molecule has 0 fully saturated rings. The van der Waals surface area contributed by atoms with Crippen molar-refractivity contribution in [3.8, 4) is 0 Å². The van der Waals surface area contributed by atoms with E-state index in [1.807, 2.05) is 20.8 Å². The van der Waals surface area contributed by atoms with E-state index in [-0.39, 0.29) is 37.0 Å². The standard InChI is InChI=1S/C22H42O5/c1-6-10-12-18(8-3)20(24)26-17-15-22(5,14-16-23)27-21(25)19(9-4)13-11-7-2/h18-19,23H,6-17H2,1-5H3. The summed E-state index contributed by atoms with van der Waals surface area (Å²) in [5, 5.41) is 9.38. The van der Waals surface area contributed by atoms with E-state index in [0.717, 1.165) is 51.4 Å². The maximum atomic E-state index is 12.5. The molecule has 5 heteroatoms. The van der Waals surface area contributed by atoms with Gasteiger partial charge in [0.1, 0.15) is 5.60 Å². The molecule has 0 aromatic carbocycles. The van der Waals surface area contributed by atoms with Gasteiger partial charge in [-0.05, 0) is 32.6 Å². The minimum absolute atomic E-state index is 0.0601. The Kier molecular flexibility index (Phi) is 14.3. The highest BCUT2D eigenvalue weighted by Crippen LogP contribution is 2.25. The molecule has 27 heavy (non-hydrogen) atoms. The number of esters is 2. The van der Waals surface area contributed by atoms with Gasteiger partial charge >= 0.3 is 11.9 Å². The molecule has 3 atom stereocenters. The third-order valence-electron chi connectivity index (χ3n) is 5.33. The molecule has 160 valence electrons. The average Bonchev–Trinajstić information content (AvgIpc) is 2.63. The largest absolute Gasteiger partial charge is 0.465 e. The molecular formula is C22H42O5. The summed E-state index contributed by atoms with van der Waals surface area (Å²) in [6.07, 6.45) is 8.07. The molecule has 0 aromatic heterocycles. The van der Waals surface area contributed by atoms with Crippen LogP contribution in [0.2, 0.25) is 0 Å². The zero-order chi connectivity index (χ0) is 20.7. The molecular weight excluding hydrogens is 344 g/mol. The van der Waals surface area contributed by atoms with Crippen molar-refractivity contribution in [2.45, 2.75) is 104 Å². The Morgan fingerprint density at radius 2 is 1.41 bits per heavy atom. The minimum Gasteiger partial charge on any atom is -0.465 e. The third-order valence-corrected chi connectivity index (χ3v) is 5.33. The summed E-state index contributed by atoms with van der Waals surface area (Å²) in [4.78, 5) is 24.8. The van der Waals surface area contributed by atoms with Crippen LogP contribution in [0.1, 0.15) is 98.8 Å².